The van der Waals surface area contributed by atoms with Gasteiger partial charge in [-0.3, -0.25) is 0 Å². The van der Waals surface area contributed by atoms with Crippen molar-refractivity contribution >= 4 is 11.4 Å². The van der Waals surface area contributed by atoms with Crippen LogP contribution in [-0.4, -0.2) is 12.6 Å². The standard InChI is InChI=1S/C11H16N2/c1-3-9-7-12-11-8(2)5-4-6-10(11)13-9/h4-6,9,12-13H,3,7H2,1-2H3. The first kappa shape index (κ1) is 8.42. The van der Waals surface area contributed by atoms with Gasteiger partial charge in [-0.2, -0.15) is 0 Å². The van der Waals surface area contributed by atoms with Gasteiger partial charge in [0.25, 0.3) is 0 Å². The SMILES string of the molecule is CCC1CNc2c(C)cccc2N1. The van der Waals surface area contributed by atoms with E-state index in [-0.39, 0.29) is 0 Å². The third-order valence-corrected chi connectivity index (χ3v) is 2.65. The molecular weight excluding hydrogens is 160 g/mol. The van der Waals surface area contributed by atoms with Crippen LogP contribution >= 0.6 is 0 Å². The maximum atomic E-state index is 3.52. The summed E-state index contributed by atoms with van der Waals surface area (Å²) in [7, 11) is 0. The Balaban J connectivity index is 2.31. The quantitative estimate of drug-likeness (QED) is 0.687. The van der Waals surface area contributed by atoms with Crippen LogP contribution in [0.4, 0.5) is 11.4 Å². The predicted octanol–water partition coefficient (Wildman–Crippen LogP) is 2.61. The predicted molar refractivity (Wildman–Crippen MR) is 57.4 cm³/mol. The van der Waals surface area contributed by atoms with Crippen molar-refractivity contribution in [1.82, 2.24) is 0 Å². The highest BCUT2D eigenvalue weighted by molar-refractivity contribution is 5.74. The van der Waals surface area contributed by atoms with Crippen molar-refractivity contribution in [3.63, 3.8) is 0 Å². The molecule has 0 bridgehead atoms. The summed E-state index contributed by atoms with van der Waals surface area (Å²) in [4.78, 5) is 0. The lowest BCUT2D eigenvalue weighted by Gasteiger charge is -2.28. The first-order chi connectivity index (χ1) is 6.31. The molecule has 0 aliphatic carbocycles. The van der Waals surface area contributed by atoms with Crippen LogP contribution in [0.3, 0.4) is 0 Å². The Morgan fingerprint density at radius 3 is 3.08 bits per heavy atom. The number of hydrogen-bond donors (Lipinski definition) is 2. The lowest BCUT2D eigenvalue weighted by molar-refractivity contribution is 0.712. The second kappa shape index (κ2) is 3.29. The number of hydrogen-bond acceptors (Lipinski definition) is 2. The topological polar surface area (TPSA) is 24.1 Å². The Labute approximate surface area is 79.4 Å². The molecule has 1 heterocycles. The van der Waals surface area contributed by atoms with E-state index in [9.17, 15) is 0 Å². The van der Waals surface area contributed by atoms with Crippen LogP contribution in [0.2, 0.25) is 0 Å². The van der Waals surface area contributed by atoms with Crippen LogP contribution in [0.1, 0.15) is 18.9 Å². The van der Waals surface area contributed by atoms with Gasteiger partial charge < -0.3 is 10.6 Å². The summed E-state index contributed by atoms with van der Waals surface area (Å²) in [5.41, 5.74) is 3.84. The van der Waals surface area contributed by atoms with Crippen molar-refractivity contribution in [3.05, 3.63) is 23.8 Å². The van der Waals surface area contributed by atoms with Crippen molar-refractivity contribution in [2.45, 2.75) is 26.3 Å². The smallest absolute Gasteiger partial charge is 0.0606 e. The van der Waals surface area contributed by atoms with Gasteiger partial charge in [-0.05, 0) is 25.0 Å². The summed E-state index contributed by atoms with van der Waals surface area (Å²) < 4.78 is 0. The third kappa shape index (κ3) is 1.48. The average molecular weight is 176 g/mol. The molecule has 2 rings (SSSR count). The van der Waals surface area contributed by atoms with Gasteiger partial charge in [0, 0.05) is 12.6 Å². The van der Waals surface area contributed by atoms with E-state index < -0.39 is 0 Å². The van der Waals surface area contributed by atoms with Crippen molar-refractivity contribution in [2.24, 2.45) is 0 Å². The molecule has 0 amide bonds. The minimum Gasteiger partial charge on any atom is -0.381 e. The Hall–Kier alpha value is -1.18. The van der Waals surface area contributed by atoms with Crippen molar-refractivity contribution in [2.75, 3.05) is 17.2 Å². The highest BCUT2D eigenvalue weighted by Gasteiger charge is 2.15. The van der Waals surface area contributed by atoms with Gasteiger partial charge in [0.1, 0.15) is 0 Å². The molecule has 0 saturated heterocycles. The molecule has 70 valence electrons. The lowest BCUT2D eigenvalue weighted by atomic mass is 10.1. The molecular formula is C11H16N2. The van der Waals surface area contributed by atoms with Crippen LogP contribution < -0.4 is 10.6 Å². The van der Waals surface area contributed by atoms with Crippen LogP contribution in [0, 0.1) is 6.92 Å². The van der Waals surface area contributed by atoms with E-state index in [0.29, 0.717) is 6.04 Å². The zero-order chi connectivity index (χ0) is 9.26. The molecule has 0 aromatic heterocycles. The Morgan fingerprint density at radius 2 is 2.31 bits per heavy atom. The van der Waals surface area contributed by atoms with E-state index in [1.165, 1.54) is 23.4 Å². The molecule has 13 heavy (non-hydrogen) atoms. The monoisotopic (exact) mass is 176 g/mol. The highest BCUT2D eigenvalue weighted by Crippen LogP contribution is 2.29. The Kier molecular flexibility index (Phi) is 2.13. The highest BCUT2D eigenvalue weighted by atomic mass is 15.1. The van der Waals surface area contributed by atoms with Gasteiger partial charge in [0.2, 0.25) is 0 Å². The van der Waals surface area contributed by atoms with Crippen molar-refractivity contribution in [1.29, 1.82) is 0 Å². The molecule has 2 heteroatoms. The van der Waals surface area contributed by atoms with E-state index in [4.69, 9.17) is 0 Å². The maximum absolute atomic E-state index is 3.52. The molecule has 2 N–H and O–H groups in total. The number of para-hydroxylation sites is 1. The summed E-state index contributed by atoms with van der Waals surface area (Å²) in [6, 6.07) is 6.95. The number of nitrogens with one attached hydrogen (secondary N) is 2. The van der Waals surface area contributed by atoms with Gasteiger partial charge in [-0.25, -0.2) is 0 Å². The fraction of sp³-hybridized carbons (Fsp3) is 0.455. The van der Waals surface area contributed by atoms with Crippen LogP contribution in [0.5, 0.6) is 0 Å². The van der Waals surface area contributed by atoms with Crippen LogP contribution in [0.15, 0.2) is 18.2 Å². The Bertz CT molecular complexity index is 307. The second-order valence-electron chi connectivity index (χ2n) is 3.63. The minimum absolute atomic E-state index is 0.578. The van der Waals surface area contributed by atoms with Crippen LogP contribution in [-0.2, 0) is 0 Å². The Morgan fingerprint density at radius 1 is 1.46 bits per heavy atom. The summed E-state index contributed by atoms with van der Waals surface area (Å²) in [6.45, 7) is 5.38. The summed E-state index contributed by atoms with van der Waals surface area (Å²) >= 11 is 0. The molecule has 1 aromatic carbocycles. The largest absolute Gasteiger partial charge is 0.381 e. The van der Waals surface area contributed by atoms with E-state index in [1.54, 1.807) is 0 Å². The molecule has 1 aliphatic heterocycles. The lowest BCUT2D eigenvalue weighted by Crippen LogP contribution is -2.32. The summed E-state index contributed by atoms with van der Waals surface area (Å²) in [5, 5.41) is 6.99. The molecule has 1 atom stereocenters. The van der Waals surface area contributed by atoms with Gasteiger partial charge in [0.05, 0.1) is 11.4 Å². The number of fused-ring (bicyclic) bond motifs is 1. The maximum Gasteiger partial charge on any atom is 0.0606 e. The molecule has 1 unspecified atom stereocenters. The normalized spacial score (nSPS) is 20.0. The first-order valence-corrected chi connectivity index (χ1v) is 4.91. The molecule has 1 aliphatic rings. The van der Waals surface area contributed by atoms with Crippen molar-refractivity contribution in [3.8, 4) is 0 Å². The van der Waals surface area contributed by atoms with E-state index in [0.717, 1.165) is 6.54 Å². The molecule has 2 nitrogen and oxygen atoms in total. The molecule has 0 spiro atoms. The molecule has 0 radical (unpaired) electrons. The molecule has 1 aromatic rings. The number of rotatable bonds is 1. The number of aryl methyl sites for hydroxylation is 1. The van der Waals surface area contributed by atoms with E-state index >= 15 is 0 Å². The summed E-state index contributed by atoms with van der Waals surface area (Å²) in [6.07, 6.45) is 1.17. The van der Waals surface area contributed by atoms with Gasteiger partial charge >= 0.3 is 0 Å². The second-order valence-corrected chi connectivity index (χ2v) is 3.63. The van der Waals surface area contributed by atoms with Gasteiger partial charge in [-0.1, -0.05) is 19.1 Å². The van der Waals surface area contributed by atoms with Crippen LogP contribution in [0.25, 0.3) is 0 Å². The molecule has 0 fully saturated rings. The zero-order valence-electron chi connectivity index (χ0n) is 8.22. The fourth-order valence-corrected chi connectivity index (χ4v) is 1.77. The fourth-order valence-electron chi connectivity index (χ4n) is 1.77. The van der Waals surface area contributed by atoms with E-state index in [2.05, 4.69) is 42.7 Å². The summed E-state index contributed by atoms with van der Waals surface area (Å²) in [5.74, 6) is 0. The minimum atomic E-state index is 0.578. The average Bonchev–Trinajstić information content (AvgIpc) is 2.18. The first-order valence-electron chi connectivity index (χ1n) is 4.91. The number of benzene rings is 1. The zero-order valence-corrected chi connectivity index (χ0v) is 8.22. The van der Waals surface area contributed by atoms with Crippen molar-refractivity contribution < 1.29 is 0 Å². The number of anilines is 2. The van der Waals surface area contributed by atoms with Gasteiger partial charge in [0.15, 0.2) is 0 Å². The third-order valence-electron chi connectivity index (χ3n) is 2.65. The molecule has 0 saturated carbocycles. The van der Waals surface area contributed by atoms with Gasteiger partial charge in [-0.15, -0.1) is 0 Å². The van der Waals surface area contributed by atoms with E-state index in [1.807, 2.05) is 0 Å².